The van der Waals surface area contributed by atoms with Gasteiger partial charge in [0.1, 0.15) is 5.82 Å². The third-order valence-electron chi connectivity index (χ3n) is 4.44. The zero-order chi connectivity index (χ0) is 15.2. The maximum atomic E-state index is 13.9. The summed E-state index contributed by atoms with van der Waals surface area (Å²) in [6.07, 6.45) is 2.21. The van der Waals surface area contributed by atoms with Gasteiger partial charge in [-0.1, -0.05) is 23.7 Å². The van der Waals surface area contributed by atoms with E-state index in [0.29, 0.717) is 31.1 Å². The number of piperidine rings is 1. The number of hydrogen-bond acceptors (Lipinski definition) is 3. The molecule has 2 saturated heterocycles. The molecule has 116 valence electrons. The van der Waals surface area contributed by atoms with Gasteiger partial charge in [-0.2, -0.15) is 4.31 Å². The fourth-order valence-corrected chi connectivity index (χ4v) is 4.64. The highest BCUT2D eigenvalue weighted by molar-refractivity contribution is 7.88. The van der Waals surface area contributed by atoms with E-state index in [0.717, 1.165) is 13.0 Å². The van der Waals surface area contributed by atoms with Crippen LogP contribution < -0.4 is 0 Å². The van der Waals surface area contributed by atoms with Crippen molar-refractivity contribution >= 4 is 21.6 Å². The van der Waals surface area contributed by atoms with Gasteiger partial charge in [-0.3, -0.25) is 4.90 Å². The molecule has 7 heteroatoms. The molecule has 2 fully saturated rings. The third kappa shape index (κ3) is 2.95. The standard InChI is InChI=1S/C14H18ClFN2O2S/c1-21(19,20)18-8-10-5-6-17(9-13(10)18)7-11-3-2-4-12(15)14(11)16/h2-4,10,13H,5-9H2,1H3/t10-,13-/m1/s1. The van der Waals surface area contributed by atoms with E-state index in [2.05, 4.69) is 4.90 Å². The topological polar surface area (TPSA) is 40.6 Å². The van der Waals surface area contributed by atoms with E-state index < -0.39 is 10.0 Å². The fourth-order valence-electron chi connectivity index (χ4n) is 3.25. The molecule has 0 amide bonds. The average molecular weight is 333 g/mol. The maximum absolute atomic E-state index is 13.9. The minimum Gasteiger partial charge on any atom is -0.297 e. The molecule has 4 nitrogen and oxygen atoms in total. The second kappa shape index (κ2) is 5.50. The van der Waals surface area contributed by atoms with Crippen LogP contribution in [0.2, 0.25) is 5.02 Å². The summed E-state index contributed by atoms with van der Waals surface area (Å²) >= 11 is 5.80. The van der Waals surface area contributed by atoms with Gasteiger partial charge in [0.15, 0.2) is 0 Å². The first-order valence-electron chi connectivity index (χ1n) is 6.98. The van der Waals surface area contributed by atoms with Crippen molar-refractivity contribution in [3.63, 3.8) is 0 Å². The summed E-state index contributed by atoms with van der Waals surface area (Å²) < 4.78 is 38.8. The van der Waals surface area contributed by atoms with Crippen LogP contribution in [0.15, 0.2) is 18.2 Å². The zero-order valence-corrected chi connectivity index (χ0v) is 13.4. The molecule has 2 heterocycles. The lowest BCUT2D eigenvalue weighted by atomic mass is 9.84. The fraction of sp³-hybridized carbons (Fsp3) is 0.571. The molecule has 0 aliphatic carbocycles. The smallest absolute Gasteiger partial charge is 0.211 e. The van der Waals surface area contributed by atoms with Crippen LogP contribution in [0.25, 0.3) is 0 Å². The van der Waals surface area contributed by atoms with Gasteiger partial charge < -0.3 is 0 Å². The quantitative estimate of drug-likeness (QED) is 0.849. The Hall–Kier alpha value is -0.690. The van der Waals surface area contributed by atoms with Gasteiger partial charge >= 0.3 is 0 Å². The number of likely N-dealkylation sites (tertiary alicyclic amines) is 1. The first-order chi connectivity index (χ1) is 9.86. The molecule has 0 N–H and O–H groups in total. The number of benzene rings is 1. The lowest BCUT2D eigenvalue weighted by molar-refractivity contribution is 0.0107. The molecule has 2 aliphatic heterocycles. The van der Waals surface area contributed by atoms with Gasteiger partial charge in [0.25, 0.3) is 0 Å². The summed E-state index contributed by atoms with van der Waals surface area (Å²) in [6, 6.07) is 5.03. The van der Waals surface area contributed by atoms with Crippen LogP contribution in [-0.4, -0.2) is 49.6 Å². The molecule has 3 rings (SSSR count). The first-order valence-corrected chi connectivity index (χ1v) is 9.21. The minimum atomic E-state index is -3.14. The highest BCUT2D eigenvalue weighted by Gasteiger charge is 2.46. The summed E-state index contributed by atoms with van der Waals surface area (Å²) in [5.74, 6) is 0.0649. The first kappa shape index (κ1) is 15.2. The molecule has 0 bridgehead atoms. The Morgan fingerprint density at radius 3 is 2.86 bits per heavy atom. The zero-order valence-electron chi connectivity index (χ0n) is 11.8. The molecular formula is C14H18ClFN2O2S. The third-order valence-corrected chi connectivity index (χ3v) is 6.01. The number of halogens is 2. The highest BCUT2D eigenvalue weighted by Crippen LogP contribution is 2.35. The normalized spacial score (nSPS) is 27.2. The van der Waals surface area contributed by atoms with E-state index in [1.807, 2.05) is 0 Å². The molecule has 21 heavy (non-hydrogen) atoms. The molecule has 2 atom stereocenters. The number of hydrogen-bond donors (Lipinski definition) is 0. The second-order valence-electron chi connectivity index (χ2n) is 5.90. The van der Waals surface area contributed by atoms with Crippen molar-refractivity contribution < 1.29 is 12.8 Å². The summed E-state index contributed by atoms with van der Waals surface area (Å²) in [7, 11) is -3.14. The van der Waals surface area contributed by atoms with Gasteiger partial charge in [-0.15, -0.1) is 0 Å². The molecule has 0 radical (unpaired) electrons. The van der Waals surface area contributed by atoms with Gasteiger partial charge in [0, 0.05) is 31.2 Å². The summed E-state index contributed by atoms with van der Waals surface area (Å²) in [6.45, 7) is 2.62. The lowest BCUT2D eigenvalue weighted by Crippen LogP contribution is -2.65. The van der Waals surface area contributed by atoms with E-state index in [1.54, 1.807) is 16.4 Å². The van der Waals surface area contributed by atoms with Gasteiger partial charge in [0.2, 0.25) is 10.0 Å². The summed E-state index contributed by atoms with van der Waals surface area (Å²) in [5, 5.41) is 0.129. The molecule has 0 aromatic heterocycles. The minimum absolute atomic E-state index is 0.0380. The van der Waals surface area contributed by atoms with Crippen molar-refractivity contribution in [3.8, 4) is 0 Å². The van der Waals surface area contributed by atoms with Gasteiger partial charge in [0.05, 0.1) is 11.3 Å². The number of rotatable bonds is 3. The summed E-state index contributed by atoms with van der Waals surface area (Å²) in [5.41, 5.74) is 0.561. The summed E-state index contributed by atoms with van der Waals surface area (Å²) in [4.78, 5) is 2.10. The number of sulfonamides is 1. The Kier molecular flexibility index (Phi) is 3.98. The van der Waals surface area contributed by atoms with Crippen LogP contribution in [0.4, 0.5) is 4.39 Å². The second-order valence-corrected chi connectivity index (χ2v) is 8.24. The van der Waals surface area contributed by atoms with Crippen molar-refractivity contribution in [2.24, 2.45) is 5.92 Å². The van der Waals surface area contributed by atoms with Crippen molar-refractivity contribution in [3.05, 3.63) is 34.6 Å². The van der Waals surface area contributed by atoms with Crippen LogP contribution in [0.1, 0.15) is 12.0 Å². The van der Waals surface area contributed by atoms with E-state index in [-0.39, 0.29) is 16.9 Å². The predicted octanol–water partition coefficient (Wildman–Crippen LogP) is 1.94. The largest absolute Gasteiger partial charge is 0.297 e. The van der Waals surface area contributed by atoms with Crippen molar-refractivity contribution in [1.29, 1.82) is 0 Å². The Balaban J connectivity index is 1.70. The highest BCUT2D eigenvalue weighted by atomic mass is 35.5. The molecule has 1 aromatic carbocycles. The van der Waals surface area contributed by atoms with Crippen LogP contribution in [0.5, 0.6) is 0 Å². The van der Waals surface area contributed by atoms with E-state index >= 15 is 0 Å². The Morgan fingerprint density at radius 1 is 1.38 bits per heavy atom. The Morgan fingerprint density at radius 2 is 2.14 bits per heavy atom. The van der Waals surface area contributed by atoms with Crippen LogP contribution in [0, 0.1) is 11.7 Å². The van der Waals surface area contributed by atoms with Crippen LogP contribution in [0.3, 0.4) is 0 Å². The van der Waals surface area contributed by atoms with Crippen molar-refractivity contribution in [2.45, 2.75) is 19.0 Å². The van der Waals surface area contributed by atoms with E-state index in [4.69, 9.17) is 11.6 Å². The van der Waals surface area contributed by atoms with Crippen molar-refractivity contribution in [1.82, 2.24) is 9.21 Å². The Bertz CT molecular complexity index is 652. The number of nitrogens with zero attached hydrogens (tertiary/aromatic N) is 2. The molecule has 2 aliphatic rings. The lowest BCUT2D eigenvalue weighted by Gasteiger charge is -2.52. The number of fused-ring (bicyclic) bond motifs is 1. The maximum Gasteiger partial charge on any atom is 0.211 e. The monoisotopic (exact) mass is 332 g/mol. The van der Waals surface area contributed by atoms with E-state index in [1.165, 1.54) is 12.3 Å². The van der Waals surface area contributed by atoms with Crippen molar-refractivity contribution in [2.75, 3.05) is 25.9 Å². The molecule has 0 unspecified atom stereocenters. The predicted molar refractivity (Wildman–Crippen MR) is 80.1 cm³/mol. The van der Waals surface area contributed by atoms with Crippen LogP contribution in [-0.2, 0) is 16.6 Å². The molecule has 0 spiro atoms. The SMILES string of the molecule is CS(=O)(=O)N1C[C@H]2CCN(Cc3cccc(Cl)c3F)C[C@H]21. The van der Waals surface area contributed by atoms with Crippen LogP contribution >= 0.6 is 11.6 Å². The Labute approximate surface area is 129 Å². The van der Waals surface area contributed by atoms with E-state index in [9.17, 15) is 12.8 Å². The average Bonchev–Trinajstić information content (AvgIpc) is 2.36. The molecule has 1 aromatic rings. The molecular weight excluding hydrogens is 315 g/mol. The van der Waals surface area contributed by atoms with Gasteiger partial charge in [-0.25, -0.2) is 12.8 Å². The van der Waals surface area contributed by atoms with Gasteiger partial charge in [-0.05, 0) is 24.9 Å². The molecule has 0 saturated carbocycles.